The standard InChI is InChI=1S/C64H42N2O2S/c1-3-13-41-33-43(23-21-39(41)11-1)65(46-27-31-60-56(36-46)50-16-7-9-19-58(50)67-60)45-25-29-53-55(35-45)49-15-5-6-18-52(49)63-54-30-26-48(38-62(54)69-64(53)63)66(44-24-22-40-12-2-4-14-42(40)34-44)47-28-32-61-57(37-47)51-17-8-10-20-59(51)68-61/h1-36,38,50,57-58H,37H2/t50-,57+,58?/m0/s1. The Hall–Kier alpha value is -8.38. The van der Waals surface area contributed by atoms with Gasteiger partial charge in [0.2, 0.25) is 0 Å². The van der Waals surface area contributed by atoms with E-state index in [1.165, 1.54) is 80.1 Å². The number of allylic oxidation sites excluding steroid dienone is 6. The van der Waals surface area contributed by atoms with Crippen LogP contribution in [0.5, 0.6) is 11.5 Å². The summed E-state index contributed by atoms with van der Waals surface area (Å²) in [7, 11) is 0. The molecule has 11 aromatic rings. The number of hydrogen-bond donors (Lipinski definition) is 0. The van der Waals surface area contributed by atoms with Crippen LogP contribution in [0.25, 0.3) is 63.3 Å². The molecule has 0 amide bonds. The number of benzene rings is 10. The van der Waals surface area contributed by atoms with Gasteiger partial charge in [-0.3, -0.25) is 0 Å². The number of rotatable bonds is 6. The van der Waals surface area contributed by atoms with Gasteiger partial charge >= 0.3 is 0 Å². The molecule has 69 heavy (non-hydrogen) atoms. The Morgan fingerprint density at radius 1 is 0.449 bits per heavy atom. The molecule has 0 bridgehead atoms. The lowest BCUT2D eigenvalue weighted by molar-refractivity contribution is 0.269. The van der Waals surface area contributed by atoms with Gasteiger partial charge in [-0.25, -0.2) is 0 Å². The van der Waals surface area contributed by atoms with Crippen LogP contribution in [-0.4, -0.2) is 6.10 Å². The fraction of sp³-hybridized carbons (Fsp3) is 0.0625. The van der Waals surface area contributed by atoms with Crippen molar-refractivity contribution in [2.24, 2.45) is 0 Å². The van der Waals surface area contributed by atoms with Crippen molar-refractivity contribution in [1.82, 2.24) is 0 Å². The highest BCUT2D eigenvalue weighted by Crippen LogP contribution is 2.51. The van der Waals surface area contributed by atoms with Gasteiger partial charge in [-0.05, 0) is 129 Å². The van der Waals surface area contributed by atoms with Crippen molar-refractivity contribution in [3.8, 4) is 11.5 Å². The zero-order chi connectivity index (χ0) is 45.2. The van der Waals surface area contributed by atoms with Crippen molar-refractivity contribution in [2.75, 3.05) is 9.80 Å². The average molecular weight is 903 g/mol. The van der Waals surface area contributed by atoms with Crippen molar-refractivity contribution in [3.05, 3.63) is 247 Å². The summed E-state index contributed by atoms with van der Waals surface area (Å²) >= 11 is 1.90. The molecule has 15 rings (SSSR count). The summed E-state index contributed by atoms with van der Waals surface area (Å²) < 4.78 is 15.4. The Labute approximate surface area is 403 Å². The molecule has 5 heteroatoms. The predicted molar refractivity (Wildman–Crippen MR) is 289 cm³/mol. The zero-order valence-electron chi connectivity index (χ0n) is 37.4. The third kappa shape index (κ3) is 6.07. The van der Waals surface area contributed by atoms with E-state index in [1.54, 1.807) is 0 Å². The molecule has 0 N–H and O–H groups in total. The molecule has 10 aromatic carbocycles. The number of para-hydroxylation sites is 1. The van der Waals surface area contributed by atoms with Crippen molar-refractivity contribution in [3.63, 3.8) is 0 Å². The van der Waals surface area contributed by atoms with Gasteiger partial charge in [-0.2, -0.15) is 0 Å². The Kier molecular flexibility index (Phi) is 8.45. The van der Waals surface area contributed by atoms with Crippen LogP contribution in [0.2, 0.25) is 0 Å². The van der Waals surface area contributed by atoms with E-state index in [0.29, 0.717) is 0 Å². The Bertz CT molecular complexity index is 4120. The normalized spacial score (nSPS) is 17.7. The maximum absolute atomic E-state index is 6.43. The topological polar surface area (TPSA) is 24.9 Å². The summed E-state index contributed by atoms with van der Waals surface area (Å²) in [5, 5.41) is 12.5. The van der Waals surface area contributed by atoms with Crippen LogP contribution in [0.1, 0.15) is 29.4 Å². The Balaban J connectivity index is 0.897. The maximum Gasteiger partial charge on any atom is 0.130 e. The fourth-order valence-electron chi connectivity index (χ4n) is 11.6. The molecule has 2 aliphatic carbocycles. The lowest BCUT2D eigenvalue weighted by Crippen LogP contribution is -2.20. The van der Waals surface area contributed by atoms with E-state index in [-0.39, 0.29) is 17.9 Å². The monoisotopic (exact) mass is 902 g/mol. The molecular weight excluding hydrogens is 861 g/mol. The first-order chi connectivity index (χ1) is 34.2. The van der Waals surface area contributed by atoms with Crippen molar-refractivity contribution < 1.29 is 9.47 Å². The second-order valence-corrected chi connectivity index (χ2v) is 19.8. The van der Waals surface area contributed by atoms with E-state index in [1.807, 2.05) is 11.3 Å². The molecule has 326 valence electrons. The molecule has 0 saturated heterocycles. The summed E-state index contributed by atoms with van der Waals surface area (Å²) in [6, 6.07) is 69.4. The number of thiophene rings is 1. The first kappa shape index (κ1) is 38.7. The van der Waals surface area contributed by atoms with Gasteiger partial charge in [0.25, 0.3) is 0 Å². The first-order valence-electron chi connectivity index (χ1n) is 23.9. The Morgan fingerprint density at radius 3 is 1.91 bits per heavy atom. The zero-order valence-corrected chi connectivity index (χ0v) is 38.2. The smallest absolute Gasteiger partial charge is 0.130 e. The summed E-state index contributed by atoms with van der Waals surface area (Å²) in [6.07, 6.45) is 14.0. The minimum atomic E-state index is 0.0258. The van der Waals surface area contributed by atoms with Crippen molar-refractivity contribution >= 4 is 103 Å². The third-order valence-corrected chi connectivity index (χ3v) is 16.1. The lowest BCUT2D eigenvalue weighted by Gasteiger charge is -2.31. The molecule has 2 aliphatic heterocycles. The second kappa shape index (κ2) is 15.1. The lowest BCUT2D eigenvalue weighted by atomic mass is 9.89. The number of hydrogen-bond acceptors (Lipinski definition) is 5. The minimum absolute atomic E-state index is 0.0258. The number of ether oxygens (including phenoxy) is 2. The average Bonchev–Trinajstić information content (AvgIpc) is 4.10. The maximum atomic E-state index is 6.43. The van der Waals surface area contributed by atoms with Crippen LogP contribution in [0.3, 0.4) is 0 Å². The van der Waals surface area contributed by atoms with Gasteiger partial charge in [0.1, 0.15) is 23.4 Å². The van der Waals surface area contributed by atoms with E-state index in [4.69, 9.17) is 9.47 Å². The minimum Gasteiger partial charge on any atom is -0.485 e. The molecule has 0 fully saturated rings. The highest BCUT2D eigenvalue weighted by atomic mass is 32.1. The van der Waals surface area contributed by atoms with Crippen LogP contribution in [0, 0.1) is 0 Å². The van der Waals surface area contributed by atoms with Crippen molar-refractivity contribution in [1.29, 1.82) is 0 Å². The summed E-state index contributed by atoms with van der Waals surface area (Å²) in [5.74, 6) is 3.31. The van der Waals surface area contributed by atoms with Crippen LogP contribution < -0.4 is 19.3 Å². The Morgan fingerprint density at radius 2 is 1.09 bits per heavy atom. The van der Waals surface area contributed by atoms with Crippen molar-refractivity contribution in [2.45, 2.75) is 24.4 Å². The SMILES string of the molecule is C1=CC2Oc3ccc(N(c4ccc5ccccc5c4)c4ccc5c(c4)c4ccccc4c4c6ccc(N(C7=CC=C8Oc9ccccc9[C@H]8C7)c7ccc8ccccc8c7)cc6sc54)cc3[C@@H]2C=C1. The van der Waals surface area contributed by atoms with Crippen LogP contribution in [0.4, 0.5) is 28.4 Å². The van der Waals surface area contributed by atoms with Crippen LogP contribution in [0.15, 0.2) is 236 Å². The quantitative estimate of drug-likeness (QED) is 0.155. The molecule has 4 aliphatic rings. The van der Waals surface area contributed by atoms with Crippen LogP contribution in [-0.2, 0) is 0 Å². The highest BCUT2D eigenvalue weighted by molar-refractivity contribution is 7.27. The van der Waals surface area contributed by atoms with E-state index in [9.17, 15) is 0 Å². The van der Waals surface area contributed by atoms with Gasteiger partial charge in [-0.1, -0.05) is 133 Å². The fourth-order valence-corrected chi connectivity index (χ4v) is 12.9. The molecule has 3 atom stereocenters. The summed E-state index contributed by atoms with van der Waals surface area (Å²) in [5.41, 5.74) is 9.34. The highest BCUT2D eigenvalue weighted by Gasteiger charge is 2.35. The molecule has 0 saturated carbocycles. The molecular formula is C64H42N2O2S. The number of nitrogens with zero attached hydrogens (tertiary/aromatic N) is 2. The molecule has 3 heterocycles. The predicted octanol–water partition coefficient (Wildman–Crippen LogP) is 17.6. The molecule has 4 nitrogen and oxygen atoms in total. The second-order valence-electron chi connectivity index (χ2n) is 18.7. The third-order valence-electron chi connectivity index (χ3n) is 14.9. The van der Waals surface area contributed by atoms with Gasteiger partial charge in [-0.15, -0.1) is 11.3 Å². The first-order valence-corrected chi connectivity index (χ1v) is 24.7. The van der Waals surface area contributed by atoms with Crippen LogP contribution >= 0.6 is 11.3 Å². The van der Waals surface area contributed by atoms with E-state index < -0.39 is 0 Å². The molecule has 0 radical (unpaired) electrons. The van der Waals surface area contributed by atoms with E-state index in [2.05, 4.69) is 234 Å². The number of fused-ring (bicyclic) bond motifs is 16. The largest absolute Gasteiger partial charge is 0.485 e. The summed E-state index contributed by atoms with van der Waals surface area (Å²) in [4.78, 5) is 4.90. The molecule has 1 aromatic heterocycles. The van der Waals surface area contributed by atoms with Gasteiger partial charge in [0, 0.05) is 83.2 Å². The van der Waals surface area contributed by atoms with Gasteiger partial charge in [0.15, 0.2) is 0 Å². The molecule has 0 spiro atoms. The summed E-state index contributed by atoms with van der Waals surface area (Å²) in [6.45, 7) is 0. The van der Waals surface area contributed by atoms with E-state index in [0.717, 1.165) is 52.1 Å². The van der Waals surface area contributed by atoms with E-state index >= 15 is 0 Å². The van der Waals surface area contributed by atoms with Gasteiger partial charge in [0.05, 0.1) is 5.92 Å². The van der Waals surface area contributed by atoms with Gasteiger partial charge < -0.3 is 19.3 Å². The number of anilines is 5. The molecule has 1 unspecified atom stereocenters.